The Balaban J connectivity index is 1.29. The molecular weight excluding hydrogens is 612 g/mol. The Labute approximate surface area is 289 Å². The molecule has 6 heterocycles. The van der Waals surface area contributed by atoms with Gasteiger partial charge >= 0.3 is 0 Å². The molecule has 258 valence electrons. The van der Waals surface area contributed by atoms with E-state index in [1.807, 2.05) is 4.90 Å². The zero-order valence-electron chi connectivity index (χ0n) is 29.3. The second-order valence-corrected chi connectivity index (χ2v) is 15.8. The number of nitrogens with zero attached hydrogens (tertiary/aromatic N) is 3. The molecule has 8 unspecified atom stereocenters. The number of rotatable bonds is 7. The van der Waals surface area contributed by atoms with Crippen LogP contribution in [0.5, 0.6) is 5.75 Å². The Kier molecular flexibility index (Phi) is 7.31. The normalized spacial score (nSPS) is 35.7. The maximum absolute atomic E-state index is 14.0. The standard InChI is InChI=1S/C40H50N6O3/c1-5-24-16-25-21-44(20-24)22-29-26-10-7-8-11-31(26)42-35(29)34(25)27-17-30-32(18-33(27)49-4)46(23-47)36-28(37(48)43-41-3)19-39(6-2)12-9-14-45-15-13-40(30,36)38(39)45/h7-12,17-18,23-25,28,34,36,38,41-42H,5-6,13-16,19-22H2,1-4H3,(H,43,48)/t24?,25?,28?,34?,36?,38?,39?,40-/m0/s1. The maximum atomic E-state index is 14.0. The molecule has 9 atom stereocenters. The minimum atomic E-state index is -0.384. The summed E-state index contributed by atoms with van der Waals surface area (Å²) in [4.78, 5) is 38.6. The summed E-state index contributed by atoms with van der Waals surface area (Å²) >= 11 is 0. The number of benzene rings is 2. The van der Waals surface area contributed by atoms with Crippen molar-refractivity contribution in [3.63, 3.8) is 0 Å². The number of carbonyl (C=O) groups is 2. The van der Waals surface area contributed by atoms with Gasteiger partial charge in [0.15, 0.2) is 0 Å². The first kappa shape index (κ1) is 31.3. The summed E-state index contributed by atoms with van der Waals surface area (Å²) in [6.45, 7) is 9.62. The molecule has 9 nitrogen and oxygen atoms in total. The summed E-state index contributed by atoms with van der Waals surface area (Å²) in [7, 11) is 3.52. The number of nitrogens with one attached hydrogen (secondary N) is 3. The minimum absolute atomic E-state index is 0.0400. The molecule has 6 aliphatic rings. The fourth-order valence-corrected chi connectivity index (χ4v) is 12.1. The van der Waals surface area contributed by atoms with E-state index in [4.69, 9.17) is 4.74 Å². The smallest absolute Gasteiger partial charge is 0.239 e. The van der Waals surface area contributed by atoms with Crippen molar-refractivity contribution in [2.45, 2.75) is 75.9 Å². The monoisotopic (exact) mass is 662 g/mol. The molecule has 9 heteroatoms. The Bertz CT molecular complexity index is 1850. The predicted octanol–water partition coefficient (Wildman–Crippen LogP) is 5.06. The molecule has 1 spiro atoms. The van der Waals surface area contributed by atoms with Crippen molar-refractivity contribution in [2.24, 2.45) is 23.2 Å². The Hall–Kier alpha value is -3.66. The third-order valence-electron chi connectivity index (χ3n) is 13.9. The van der Waals surface area contributed by atoms with Crippen LogP contribution in [0, 0.1) is 23.2 Å². The summed E-state index contributed by atoms with van der Waals surface area (Å²) in [5.41, 5.74) is 12.6. The molecule has 5 aliphatic heterocycles. The average molecular weight is 663 g/mol. The van der Waals surface area contributed by atoms with E-state index in [1.54, 1.807) is 14.2 Å². The van der Waals surface area contributed by atoms with Crippen molar-refractivity contribution in [3.8, 4) is 5.75 Å². The number of aromatic nitrogens is 1. The van der Waals surface area contributed by atoms with E-state index in [9.17, 15) is 9.59 Å². The number of aromatic amines is 1. The van der Waals surface area contributed by atoms with Crippen molar-refractivity contribution >= 4 is 28.9 Å². The Morgan fingerprint density at radius 2 is 2.04 bits per heavy atom. The molecule has 3 N–H and O–H groups in total. The van der Waals surface area contributed by atoms with Crippen molar-refractivity contribution in [2.75, 3.05) is 45.2 Å². The number of carbonyl (C=O) groups excluding carboxylic acids is 2. The van der Waals surface area contributed by atoms with Crippen LogP contribution < -0.4 is 20.5 Å². The quantitative estimate of drug-likeness (QED) is 0.186. The van der Waals surface area contributed by atoms with Gasteiger partial charge in [0, 0.05) is 84.2 Å². The molecule has 49 heavy (non-hydrogen) atoms. The van der Waals surface area contributed by atoms with Gasteiger partial charge in [-0.1, -0.05) is 50.6 Å². The second kappa shape index (κ2) is 11.4. The summed E-state index contributed by atoms with van der Waals surface area (Å²) < 4.78 is 6.35. The van der Waals surface area contributed by atoms with Gasteiger partial charge in [0.05, 0.1) is 24.8 Å². The lowest BCUT2D eigenvalue weighted by Crippen LogP contribution is -2.68. The molecule has 1 aliphatic carbocycles. The van der Waals surface area contributed by atoms with Gasteiger partial charge in [-0.3, -0.25) is 24.8 Å². The number of para-hydroxylation sites is 1. The van der Waals surface area contributed by atoms with Crippen LogP contribution in [0.1, 0.15) is 74.3 Å². The number of ether oxygens (including phenoxy) is 1. The molecule has 1 aromatic heterocycles. The summed E-state index contributed by atoms with van der Waals surface area (Å²) in [5, 5.41) is 1.31. The molecule has 9 rings (SSSR count). The lowest BCUT2D eigenvalue weighted by atomic mass is 9.50. The molecular formula is C40H50N6O3. The van der Waals surface area contributed by atoms with E-state index in [-0.39, 0.29) is 40.7 Å². The fourth-order valence-electron chi connectivity index (χ4n) is 12.1. The number of methoxy groups -OCH3 is 1. The lowest BCUT2D eigenvalue weighted by Gasteiger charge is -2.58. The van der Waals surface area contributed by atoms with Gasteiger partial charge in [0.25, 0.3) is 0 Å². The molecule has 3 fully saturated rings. The van der Waals surface area contributed by atoms with Gasteiger partial charge in [-0.25, -0.2) is 5.43 Å². The number of fused-ring (bicyclic) bond motifs is 6. The van der Waals surface area contributed by atoms with E-state index >= 15 is 0 Å². The number of hydrazine groups is 1. The highest BCUT2D eigenvalue weighted by Gasteiger charge is 2.71. The van der Waals surface area contributed by atoms with Crippen molar-refractivity contribution < 1.29 is 14.3 Å². The molecule has 2 amide bonds. The molecule has 2 aromatic carbocycles. The van der Waals surface area contributed by atoms with Crippen LogP contribution in [0.25, 0.3) is 10.9 Å². The van der Waals surface area contributed by atoms with Gasteiger partial charge in [-0.15, -0.1) is 0 Å². The van der Waals surface area contributed by atoms with Crippen LogP contribution in [-0.2, 0) is 21.5 Å². The molecule has 2 saturated heterocycles. The van der Waals surface area contributed by atoms with E-state index in [1.165, 1.54) is 46.1 Å². The van der Waals surface area contributed by atoms with Gasteiger partial charge in [0.2, 0.25) is 12.3 Å². The van der Waals surface area contributed by atoms with E-state index in [0.29, 0.717) is 18.3 Å². The largest absolute Gasteiger partial charge is 0.496 e. The topological polar surface area (TPSA) is 92.9 Å². The molecule has 2 bridgehead atoms. The third kappa shape index (κ3) is 4.21. The first-order chi connectivity index (χ1) is 23.9. The summed E-state index contributed by atoms with van der Waals surface area (Å²) in [5.74, 6) is 1.62. The zero-order valence-corrected chi connectivity index (χ0v) is 29.3. The van der Waals surface area contributed by atoms with Crippen LogP contribution in [0.3, 0.4) is 0 Å². The summed E-state index contributed by atoms with van der Waals surface area (Å²) in [6.07, 6.45) is 10.6. The van der Waals surface area contributed by atoms with Crippen molar-refractivity contribution in [1.29, 1.82) is 0 Å². The first-order valence-electron chi connectivity index (χ1n) is 18.6. The molecule has 3 aromatic rings. The number of anilines is 1. The van der Waals surface area contributed by atoms with Gasteiger partial charge in [0.1, 0.15) is 5.75 Å². The van der Waals surface area contributed by atoms with E-state index < -0.39 is 0 Å². The number of hydrogen-bond donors (Lipinski definition) is 3. The fraction of sp³-hybridized carbons (Fsp3) is 0.550. The van der Waals surface area contributed by atoms with Gasteiger partial charge < -0.3 is 14.6 Å². The molecule has 0 radical (unpaired) electrons. The number of H-pyrrole nitrogens is 1. The van der Waals surface area contributed by atoms with Crippen LogP contribution in [0.2, 0.25) is 0 Å². The predicted molar refractivity (Wildman–Crippen MR) is 191 cm³/mol. The van der Waals surface area contributed by atoms with Gasteiger partial charge in [-0.2, -0.15) is 0 Å². The maximum Gasteiger partial charge on any atom is 0.239 e. The highest BCUT2D eigenvalue weighted by atomic mass is 16.5. The highest BCUT2D eigenvalue weighted by molar-refractivity contribution is 5.90. The van der Waals surface area contributed by atoms with Crippen LogP contribution in [-0.4, -0.2) is 79.5 Å². The van der Waals surface area contributed by atoms with E-state index in [0.717, 1.165) is 63.4 Å². The van der Waals surface area contributed by atoms with Gasteiger partial charge in [-0.05, 0) is 67.3 Å². The number of amides is 2. The Morgan fingerprint density at radius 3 is 2.82 bits per heavy atom. The van der Waals surface area contributed by atoms with Crippen LogP contribution in [0.15, 0.2) is 48.6 Å². The highest BCUT2D eigenvalue weighted by Crippen LogP contribution is 2.66. The average Bonchev–Trinajstić information content (AvgIpc) is 3.76. The van der Waals surface area contributed by atoms with Crippen molar-refractivity contribution in [3.05, 3.63) is 70.9 Å². The second-order valence-electron chi connectivity index (χ2n) is 15.8. The zero-order chi connectivity index (χ0) is 33.7. The van der Waals surface area contributed by atoms with E-state index in [2.05, 4.69) is 88.0 Å². The number of hydrogen-bond acceptors (Lipinski definition) is 6. The molecule has 1 saturated carbocycles. The lowest BCUT2D eigenvalue weighted by molar-refractivity contribution is -0.132. The SMILES string of the molecule is CCC1CC2CN(Cc3c([nH]c4ccccc34)C2c2cc3c(cc2OC)N(C=O)C2C(C(=O)NNC)CC4(CC)C=CCN5CC[C@]32C54)C1. The summed E-state index contributed by atoms with van der Waals surface area (Å²) in [6, 6.07) is 13.3. The van der Waals surface area contributed by atoms with Crippen molar-refractivity contribution in [1.82, 2.24) is 25.6 Å². The van der Waals surface area contributed by atoms with Crippen LogP contribution in [0.4, 0.5) is 5.69 Å². The number of piperidine rings is 1. The minimum Gasteiger partial charge on any atom is -0.496 e. The van der Waals surface area contributed by atoms with Crippen LogP contribution >= 0.6 is 0 Å². The third-order valence-corrected chi connectivity index (χ3v) is 13.9. The first-order valence-corrected chi connectivity index (χ1v) is 18.6. The Morgan fingerprint density at radius 1 is 1.18 bits per heavy atom.